The Bertz CT molecular complexity index is 979. The van der Waals surface area contributed by atoms with Gasteiger partial charge >= 0.3 is 0 Å². The van der Waals surface area contributed by atoms with Gasteiger partial charge in [0.15, 0.2) is 0 Å². The normalized spacial score (nSPS) is 10.8. The molecule has 0 bridgehead atoms. The van der Waals surface area contributed by atoms with Crippen molar-refractivity contribution in [1.82, 2.24) is 0 Å². The van der Waals surface area contributed by atoms with Crippen molar-refractivity contribution < 1.29 is 18.6 Å². The topological polar surface area (TPSA) is 39.7 Å². The summed E-state index contributed by atoms with van der Waals surface area (Å²) in [5, 5.41) is 4.02. The molecule has 0 aliphatic carbocycles. The van der Waals surface area contributed by atoms with Crippen molar-refractivity contribution in [2.24, 2.45) is 0 Å². The quantitative estimate of drug-likeness (QED) is 0.333. The van der Waals surface area contributed by atoms with Crippen LogP contribution < -0.4 is 10.1 Å². The molecule has 3 aromatic rings. The van der Waals surface area contributed by atoms with E-state index >= 15 is 0 Å². The monoisotopic (exact) mass is 443 g/mol. The highest BCUT2D eigenvalue weighted by molar-refractivity contribution is 6.30. The summed E-state index contributed by atoms with van der Waals surface area (Å²) >= 11 is 5.94. The fraction of sp³-hybridized carbons (Fsp3) is 0.280. The summed E-state index contributed by atoms with van der Waals surface area (Å²) in [6.45, 7) is 6.76. The molecular formula is C25H27ClFNO3. The molecule has 0 saturated carbocycles. The van der Waals surface area contributed by atoms with E-state index in [1.165, 1.54) is 12.1 Å². The van der Waals surface area contributed by atoms with E-state index in [0.717, 1.165) is 16.8 Å². The first-order valence-corrected chi connectivity index (χ1v) is 10.6. The second-order valence-corrected chi connectivity index (χ2v) is 7.44. The van der Waals surface area contributed by atoms with Crippen LogP contribution in [0.1, 0.15) is 23.6 Å². The Morgan fingerprint density at radius 3 is 2.48 bits per heavy atom. The van der Waals surface area contributed by atoms with Gasteiger partial charge in [-0.2, -0.15) is 0 Å². The van der Waals surface area contributed by atoms with Crippen LogP contribution in [0.4, 0.5) is 10.1 Å². The van der Waals surface area contributed by atoms with Gasteiger partial charge in [-0.3, -0.25) is 0 Å². The van der Waals surface area contributed by atoms with Crippen LogP contribution in [0, 0.1) is 12.7 Å². The molecule has 31 heavy (non-hydrogen) atoms. The van der Waals surface area contributed by atoms with E-state index in [4.69, 9.17) is 25.8 Å². The molecule has 164 valence electrons. The Balaban J connectivity index is 1.67. The van der Waals surface area contributed by atoms with Gasteiger partial charge in [0.05, 0.1) is 19.8 Å². The second-order valence-electron chi connectivity index (χ2n) is 7.00. The summed E-state index contributed by atoms with van der Waals surface area (Å²) in [6.07, 6.45) is 0. The predicted molar refractivity (Wildman–Crippen MR) is 123 cm³/mol. The Morgan fingerprint density at radius 2 is 1.71 bits per heavy atom. The van der Waals surface area contributed by atoms with Crippen LogP contribution in [0.3, 0.4) is 0 Å². The van der Waals surface area contributed by atoms with Gasteiger partial charge in [-0.25, -0.2) is 4.39 Å². The minimum absolute atomic E-state index is 0.312. The van der Waals surface area contributed by atoms with Gasteiger partial charge in [-0.05, 0) is 73.5 Å². The Morgan fingerprint density at radius 1 is 0.935 bits per heavy atom. The molecule has 0 fully saturated rings. The molecule has 0 saturated heterocycles. The van der Waals surface area contributed by atoms with Crippen molar-refractivity contribution in [3.05, 3.63) is 88.2 Å². The van der Waals surface area contributed by atoms with Crippen LogP contribution in [0.15, 0.2) is 60.7 Å². The number of benzene rings is 3. The van der Waals surface area contributed by atoms with Crippen molar-refractivity contribution in [3.8, 4) is 11.5 Å². The fourth-order valence-electron chi connectivity index (χ4n) is 3.08. The third kappa shape index (κ3) is 6.96. The first-order chi connectivity index (χ1) is 15.1. The molecule has 0 amide bonds. The number of rotatable bonds is 11. The highest BCUT2D eigenvalue weighted by Crippen LogP contribution is 2.28. The summed E-state index contributed by atoms with van der Waals surface area (Å²) in [6, 6.07) is 17.6. The van der Waals surface area contributed by atoms with E-state index in [0.29, 0.717) is 55.1 Å². The average Bonchev–Trinajstić information content (AvgIpc) is 2.77. The smallest absolute Gasteiger partial charge is 0.132 e. The lowest BCUT2D eigenvalue weighted by molar-refractivity contribution is 0.0451. The van der Waals surface area contributed by atoms with Gasteiger partial charge in [0.1, 0.15) is 17.3 Å². The molecule has 0 heterocycles. The SMILES string of the molecule is CCOCCOCc1cccc(NCc2cc(F)ccc2Oc2ccc(Cl)cc2)c1C. The van der Waals surface area contributed by atoms with Crippen molar-refractivity contribution in [1.29, 1.82) is 0 Å². The Kier molecular flexibility index (Phi) is 8.71. The standard InChI is InChI=1S/C25H27ClFNO3/c1-3-29-13-14-30-17-19-5-4-6-24(18(19)2)28-16-20-15-22(27)9-12-25(20)31-23-10-7-21(26)8-11-23/h4-12,15,28H,3,13-14,16-17H2,1-2H3. The van der Waals surface area contributed by atoms with E-state index in [2.05, 4.69) is 5.32 Å². The number of hydrogen-bond donors (Lipinski definition) is 1. The Hall–Kier alpha value is -2.60. The zero-order chi connectivity index (χ0) is 22.1. The first kappa shape index (κ1) is 23.1. The molecule has 0 spiro atoms. The van der Waals surface area contributed by atoms with E-state index in [-0.39, 0.29) is 5.82 Å². The van der Waals surface area contributed by atoms with Crippen LogP contribution in [0.2, 0.25) is 5.02 Å². The highest BCUT2D eigenvalue weighted by Gasteiger charge is 2.09. The molecule has 0 aromatic heterocycles. The minimum atomic E-state index is -0.312. The van der Waals surface area contributed by atoms with Crippen LogP contribution in [-0.4, -0.2) is 19.8 Å². The van der Waals surface area contributed by atoms with Crippen molar-refractivity contribution in [2.45, 2.75) is 27.0 Å². The summed E-state index contributed by atoms with van der Waals surface area (Å²) in [7, 11) is 0. The molecular weight excluding hydrogens is 417 g/mol. The third-order valence-electron chi connectivity index (χ3n) is 4.81. The van der Waals surface area contributed by atoms with Gasteiger partial charge in [0, 0.05) is 29.4 Å². The summed E-state index contributed by atoms with van der Waals surface area (Å²) in [5.41, 5.74) is 3.87. The molecule has 0 unspecified atom stereocenters. The lowest BCUT2D eigenvalue weighted by atomic mass is 10.1. The number of halogens is 2. The molecule has 0 radical (unpaired) electrons. The number of hydrogen-bond acceptors (Lipinski definition) is 4. The summed E-state index contributed by atoms with van der Waals surface area (Å²) < 4.78 is 30.9. The van der Waals surface area contributed by atoms with Gasteiger partial charge in [0.2, 0.25) is 0 Å². The number of ether oxygens (including phenoxy) is 3. The third-order valence-corrected chi connectivity index (χ3v) is 5.06. The van der Waals surface area contributed by atoms with Gasteiger partial charge in [0.25, 0.3) is 0 Å². The molecule has 4 nitrogen and oxygen atoms in total. The average molecular weight is 444 g/mol. The maximum absolute atomic E-state index is 13.9. The van der Waals surface area contributed by atoms with Crippen LogP contribution >= 0.6 is 11.6 Å². The predicted octanol–water partition coefficient (Wildman–Crippen LogP) is 6.75. The van der Waals surface area contributed by atoms with E-state index in [9.17, 15) is 4.39 Å². The number of anilines is 1. The molecule has 0 aliphatic rings. The molecule has 6 heteroatoms. The highest BCUT2D eigenvalue weighted by atomic mass is 35.5. The lowest BCUT2D eigenvalue weighted by Gasteiger charge is -2.16. The fourth-order valence-corrected chi connectivity index (χ4v) is 3.21. The zero-order valence-corrected chi connectivity index (χ0v) is 18.5. The van der Waals surface area contributed by atoms with Crippen LogP contribution in [0.5, 0.6) is 11.5 Å². The number of nitrogens with one attached hydrogen (secondary N) is 1. The lowest BCUT2D eigenvalue weighted by Crippen LogP contribution is -2.07. The van der Waals surface area contributed by atoms with Crippen LogP contribution in [0.25, 0.3) is 0 Å². The van der Waals surface area contributed by atoms with Gasteiger partial charge < -0.3 is 19.5 Å². The van der Waals surface area contributed by atoms with Crippen LogP contribution in [-0.2, 0) is 22.6 Å². The van der Waals surface area contributed by atoms with Gasteiger partial charge in [-0.1, -0.05) is 23.7 Å². The van der Waals surface area contributed by atoms with E-state index in [1.807, 2.05) is 32.0 Å². The van der Waals surface area contributed by atoms with E-state index in [1.54, 1.807) is 30.3 Å². The maximum Gasteiger partial charge on any atom is 0.132 e. The first-order valence-electron chi connectivity index (χ1n) is 10.3. The second kappa shape index (κ2) is 11.7. The molecule has 0 atom stereocenters. The summed E-state index contributed by atoms with van der Waals surface area (Å²) in [5.74, 6) is 0.914. The molecule has 1 N–H and O–H groups in total. The maximum atomic E-state index is 13.9. The van der Waals surface area contributed by atoms with Crippen molar-refractivity contribution in [2.75, 3.05) is 25.1 Å². The van der Waals surface area contributed by atoms with Gasteiger partial charge in [-0.15, -0.1) is 0 Å². The largest absolute Gasteiger partial charge is 0.457 e. The minimum Gasteiger partial charge on any atom is -0.457 e. The zero-order valence-electron chi connectivity index (χ0n) is 17.8. The van der Waals surface area contributed by atoms with E-state index < -0.39 is 0 Å². The van der Waals surface area contributed by atoms with Crippen molar-refractivity contribution >= 4 is 17.3 Å². The van der Waals surface area contributed by atoms with Crippen molar-refractivity contribution in [3.63, 3.8) is 0 Å². The molecule has 0 aliphatic heterocycles. The molecule has 3 rings (SSSR count). The summed E-state index contributed by atoms with van der Waals surface area (Å²) in [4.78, 5) is 0. The molecule has 3 aromatic carbocycles. The Labute approximate surface area is 187 Å².